The highest BCUT2D eigenvalue weighted by Gasteiger charge is 2.16. The van der Waals surface area contributed by atoms with Crippen LogP contribution in [0.15, 0.2) is 36.7 Å². The molecule has 3 aromatic rings. The average Bonchev–Trinajstić information content (AvgIpc) is 3.05. The predicted molar refractivity (Wildman–Crippen MR) is 112 cm³/mol. The largest absolute Gasteiger partial charge is 0.394 e. The van der Waals surface area contributed by atoms with Crippen LogP contribution in [-0.4, -0.2) is 53.9 Å². The smallest absolute Gasteiger partial charge is 0.221 e. The van der Waals surface area contributed by atoms with Gasteiger partial charge in [-0.15, -0.1) is 11.3 Å². The van der Waals surface area contributed by atoms with Crippen molar-refractivity contribution in [2.45, 2.75) is 13.3 Å². The van der Waals surface area contributed by atoms with E-state index in [0.29, 0.717) is 26.1 Å². The number of aliphatic hydroxyl groups is 1. The Morgan fingerprint density at radius 2 is 2.00 bits per heavy atom. The van der Waals surface area contributed by atoms with Gasteiger partial charge < -0.3 is 20.5 Å². The number of amides is 1. The van der Waals surface area contributed by atoms with Gasteiger partial charge >= 0.3 is 0 Å². The molecule has 0 spiro atoms. The minimum absolute atomic E-state index is 0.0156. The fraction of sp³-hybridized carbons (Fsp3) is 0.350. The molecule has 0 atom stereocenters. The van der Waals surface area contributed by atoms with Crippen molar-refractivity contribution < 1.29 is 14.6 Å². The van der Waals surface area contributed by atoms with Gasteiger partial charge in [-0.25, -0.2) is 9.97 Å². The minimum atomic E-state index is -0.0600. The summed E-state index contributed by atoms with van der Waals surface area (Å²) in [4.78, 5) is 22.9. The molecule has 1 amide bonds. The van der Waals surface area contributed by atoms with Gasteiger partial charge in [-0.3, -0.25) is 4.79 Å². The SMILES string of the molecule is Cc1sc2ncnc(NCCC(=O)NCCOCCO)c2c1-c1ccccc1. The summed E-state index contributed by atoms with van der Waals surface area (Å²) in [7, 11) is 0. The second-order valence-electron chi connectivity index (χ2n) is 6.16. The Morgan fingerprint density at radius 1 is 1.18 bits per heavy atom. The number of aryl methyl sites for hydroxylation is 1. The number of hydrogen-bond donors (Lipinski definition) is 3. The first-order valence-electron chi connectivity index (χ1n) is 9.19. The highest BCUT2D eigenvalue weighted by atomic mass is 32.1. The Bertz CT molecular complexity index is 914. The summed E-state index contributed by atoms with van der Waals surface area (Å²) >= 11 is 1.64. The highest BCUT2D eigenvalue weighted by Crippen LogP contribution is 2.40. The normalized spacial score (nSPS) is 10.9. The molecular formula is C20H24N4O3S. The van der Waals surface area contributed by atoms with E-state index < -0.39 is 0 Å². The summed E-state index contributed by atoms with van der Waals surface area (Å²) in [6.45, 7) is 3.64. The van der Waals surface area contributed by atoms with Gasteiger partial charge in [0.05, 0.1) is 25.2 Å². The number of nitrogens with one attached hydrogen (secondary N) is 2. The van der Waals surface area contributed by atoms with Crippen molar-refractivity contribution >= 4 is 33.3 Å². The molecule has 2 aromatic heterocycles. The van der Waals surface area contributed by atoms with Crippen molar-refractivity contribution in [2.75, 3.05) is 38.2 Å². The third-order valence-corrected chi connectivity index (χ3v) is 5.19. The van der Waals surface area contributed by atoms with Crippen LogP contribution in [0.1, 0.15) is 11.3 Å². The average molecular weight is 401 g/mol. The second-order valence-corrected chi connectivity index (χ2v) is 7.37. The molecule has 0 fully saturated rings. The van der Waals surface area contributed by atoms with Gasteiger partial charge in [0.25, 0.3) is 0 Å². The van der Waals surface area contributed by atoms with Crippen LogP contribution in [0.25, 0.3) is 21.3 Å². The number of anilines is 1. The molecule has 3 rings (SSSR count). The van der Waals surface area contributed by atoms with Crippen molar-refractivity contribution in [1.82, 2.24) is 15.3 Å². The first-order valence-corrected chi connectivity index (χ1v) is 10.0. The molecule has 0 radical (unpaired) electrons. The molecular weight excluding hydrogens is 376 g/mol. The lowest BCUT2D eigenvalue weighted by Crippen LogP contribution is -2.29. The summed E-state index contributed by atoms with van der Waals surface area (Å²) in [5.41, 5.74) is 2.26. The zero-order valence-electron chi connectivity index (χ0n) is 15.8. The molecule has 0 saturated heterocycles. The summed E-state index contributed by atoms with van der Waals surface area (Å²) in [5.74, 6) is 0.683. The van der Waals surface area contributed by atoms with Gasteiger partial charge in [-0.2, -0.15) is 0 Å². The molecule has 0 aliphatic rings. The minimum Gasteiger partial charge on any atom is -0.394 e. The summed E-state index contributed by atoms with van der Waals surface area (Å²) in [6, 6.07) is 10.2. The second kappa shape index (κ2) is 10.1. The highest BCUT2D eigenvalue weighted by molar-refractivity contribution is 7.19. The van der Waals surface area contributed by atoms with E-state index in [1.54, 1.807) is 17.7 Å². The summed E-state index contributed by atoms with van der Waals surface area (Å²) in [6.07, 6.45) is 1.88. The van der Waals surface area contributed by atoms with Crippen LogP contribution in [0.3, 0.4) is 0 Å². The van der Waals surface area contributed by atoms with Crippen LogP contribution in [0.2, 0.25) is 0 Å². The van der Waals surface area contributed by atoms with Crippen molar-refractivity contribution in [2.24, 2.45) is 0 Å². The van der Waals surface area contributed by atoms with Crippen molar-refractivity contribution in [3.05, 3.63) is 41.5 Å². The maximum absolute atomic E-state index is 11.9. The van der Waals surface area contributed by atoms with E-state index in [2.05, 4.69) is 39.7 Å². The molecule has 0 aliphatic carbocycles. The molecule has 0 unspecified atom stereocenters. The maximum atomic E-state index is 11.9. The number of aliphatic hydroxyl groups excluding tert-OH is 1. The van der Waals surface area contributed by atoms with Gasteiger partial charge in [0.15, 0.2) is 0 Å². The number of aromatic nitrogens is 2. The molecule has 3 N–H and O–H groups in total. The summed E-state index contributed by atoms with van der Waals surface area (Å²) < 4.78 is 5.12. The van der Waals surface area contributed by atoms with Crippen molar-refractivity contribution in [3.8, 4) is 11.1 Å². The van der Waals surface area contributed by atoms with Crippen LogP contribution in [-0.2, 0) is 9.53 Å². The lowest BCUT2D eigenvalue weighted by Gasteiger charge is -2.09. The topological polar surface area (TPSA) is 96.4 Å². The number of carbonyl (C=O) groups excluding carboxylic acids is 1. The molecule has 8 heteroatoms. The first-order chi connectivity index (χ1) is 13.7. The lowest BCUT2D eigenvalue weighted by molar-refractivity contribution is -0.121. The lowest BCUT2D eigenvalue weighted by atomic mass is 10.0. The van der Waals surface area contributed by atoms with E-state index in [9.17, 15) is 4.79 Å². The van der Waals surface area contributed by atoms with Gasteiger partial charge in [-0.05, 0) is 12.5 Å². The monoisotopic (exact) mass is 400 g/mol. The third kappa shape index (κ3) is 5.03. The van der Waals surface area contributed by atoms with Crippen molar-refractivity contribution in [3.63, 3.8) is 0 Å². The Hall–Kier alpha value is -2.55. The number of nitrogens with zero attached hydrogens (tertiary/aromatic N) is 2. The molecule has 2 heterocycles. The number of ether oxygens (including phenoxy) is 1. The molecule has 0 bridgehead atoms. The van der Waals surface area contributed by atoms with E-state index in [0.717, 1.165) is 27.2 Å². The van der Waals surface area contributed by atoms with Crippen LogP contribution < -0.4 is 10.6 Å². The van der Waals surface area contributed by atoms with Crippen LogP contribution in [0.5, 0.6) is 0 Å². The zero-order chi connectivity index (χ0) is 19.8. The van der Waals surface area contributed by atoms with Gasteiger partial charge in [0.2, 0.25) is 5.91 Å². The van der Waals surface area contributed by atoms with Gasteiger partial charge in [-0.1, -0.05) is 30.3 Å². The van der Waals surface area contributed by atoms with E-state index >= 15 is 0 Å². The Balaban J connectivity index is 1.65. The predicted octanol–water partition coefficient (Wildman–Crippen LogP) is 2.59. The molecule has 7 nitrogen and oxygen atoms in total. The van der Waals surface area contributed by atoms with Crippen LogP contribution in [0.4, 0.5) is 5.82 Å². The van der Waals surface area contributed by atoms with Gasteiger partial charge in [0, 0.05) is 30.0 Å². The quantitative estimate of drug-likeness (QED) is 0.453. The summed E-state index contributed by atoms with van der Waals surface area (Å²) in [5, 5.41) is 15.7. The van der Waals surface area contributed by atoms with Crippen LogP contribution in [0, 0.1) is 6.92 Å². The van der Waals surface area contributed by atoms with Crippen molar-refractivity contribution in [1.29, 1.82) is 0 Å². The fourth-order valence-corrected chi connectivity index (χ4v) is 3.96. The number of hydrogen-bond acceptors (Lipinski definition) is 7. The fourth-order valence-electron chi connectivity index (χ4n) is 2.94. The number of rotatable bonds is 10. The molecule has 0 saturated carbocycles. The standard InChI is InChI=1S/C20H24N4O3S/c1-14-17(15-5-3-2-4-6-15)18-19(23-13-24-20(18)28-14)22-8-7-16(26)21-9-11-27-12-10-25/h2-6,13,25H,7-12H2,1H3,(H,21,26)(H,22,23,24). The number of thiophene rings is 1. The molecule has 28 heavy (non-hydrogen) atoms. The van der Waals surface area contributed by atoms with E-state index in [1.165, 1.54) is 4.88 Å². The number of fused-ring (bicyclic) bond motifs is 1. The molecule has 148 valence electrons. The maximum Gasteiger partial charge on any atom is 0.221 e. The zero-order valence-corrected chi connectivity index (χ0v) is 16.6. The molecule has 1 aromatic carbocycles. The molecule has 0 aliphatic heterocycles. The number of carbonyl (C=O) groups is 1. The Kier molecular flexibility index (Phi) is 7.30. The van der Waals surface area contributed by atoms with E-state index in [4.69, 9.17) is 9.84 Å². The Labute approximate surface area is 167 Å². The van der Waals surface area contributed by atoms with E-state index in [-0.39, 0.29) is 19.1 Å². The van der Waals surface area contributed by atoms with E-state index in [1.807, 2.05) is 18.2 Å². The number of benzene rings is 1. The third-order valence-electron chi connectivity index (χ3n) is 4.18. The van der Waals surface area contributed by atoms with Crippen LogP contribution >= 0.6 is 11.3 Å². The first kappa shape index (κ1) is 20.2. The van der Waals surface area contributed by atoms with Gasteiger partial charge in [0.1, 0.15) is 17.0 Å². The Morgan fingerprint density at radius 3 is 2.79 bits per heavy atom.